The Morgan fingerprint density at radius 3 is 2.54 bits per heavy atom. The fourth-order valence-electron chi connectivity index (χ4n) is 2.96. The van der Waals surface area contributed by atoms with Crippen molar-refractivity contribution in [3.63, 3.8) is 0 Å². The van der Waals surface area contributed by atoms with Gasteiger partial charge in [-0.1, -0.05) is 43.6 Å². The van der Waals surface area contributed by atoms with E-state index in [1.165, 1.54) is 18.2 Å². The minimum atomic E-state index is -0.629. The fraction of sp³-hybridized carbons (Fsp3) is 0.350. The highest BCUT2D eigenvalue weighted by molar-refractivity contribution is 6.33. The van der Waals surface area contributed by atoms with Gasteiger partial charge in [-0.2, -0.15) is 0 Å². The topological polar surface area (TPSA) is 41.6 Å². The second-order valence-corrected chi connectivity index (χ2v) is 6.23. The molecular weight excluding hydrogens is 355 g/mol. The highest BCUT2D eigenvalue weighted by Crippen LogP contribution is 2.24. The lowest BCUT2D eigenvalue weighted by Gasteiger charge is -2.30. The highest BCUT2D eigenvalue weighted by atomic mass is 35.5. The molecule has 1 atom stereocenters. The molecule has 0 aliphatic rings. The van der Waals surface area contributed by atoms with Crippen molar-refractivity contribution in [2.45, 2.75) is 19.9 Å². The van der Waals surface area contributed by atoms with Crippen molar-refractivity contribution in [2.75, 3.05) is 26.7 Å². The summed E-state index contributed by atoms with van der Waals surface area (Å²) in [6.07, 6.45) is 0. The summed E-state index contributed by atoms with van der Waals surface area (Å²) in [6, 6.07) is 11.9. The van der Waals surface area contributed by atoms with E-state index in [1.54, 1.807) is 7.11 Å². The number of methoxy groups -OCH3 is 1. The number of nitrogens with zero attached hydrogens (tertiary/aromatic N) is 1. The zero-order chi connectivity index (χ0) is 19.1. The Morgan fingerprint density at radius 2 is 1.92 bits per heavy atom. The Kier molecular flexibility index (Phi) is 7.42. The number of carbonyl (C=O) groups excluding carboxylic acids is 1. The number of rotatable bonds is 8. The van der Waals surface area contributed by atoms with Crippen LogP contribution >= 0.6 is 11.6 Å². The molecule has 0 aliphatic carbocycles. The maximum atomic E-state index is 14.0. The largest absolute Gasteiger partial charge is 0.497 e. The van der Waals surface area contributed by atoms with Crippen molar-refractivity contribution in [2.24, 2.45) is 0 Å². The van der Waals surface area contributed by atoms with E-state index in [9.17, 15) is 9.18 Å². The maximum Gasteiger partial charge on any atom is 0.255 e. The van der Waals surface area contributed by atoms with Crippen molar-refractivity contribution in [1.82, 2.24) is 10.2 Å². The summed E-state index contributed by atoms with van der Waals surface area (Å²) in [5, 5.41) is 2.92. The average molecular weight is 379 g/mol. The normalized spacial score (nSPS) is 12.1. The predicted molar refractivity (Wildman–Crippen MR) is 102 cm³/mol. The minimum absolute atomic E-state index is 0.0606. The van der Waals surface area contributed by atoms with Crippen LogP contribution in [0.15, 0.2) is 42.5 Å². The van der Waals surface area contributed by atoms with Crippen LogP contribution in [0.25, 0.3) is 0 Å². The second kappa shape index (κ2) is 9.55. The van der Waals surface area contributed by atoms with Gasteiger partial charge in [-0.05, 0) is 42.9 Å². The summed E-state index contributed by atoms with van der Waals surface area (Å²) >= 11 is 5.99. The molecule has 2 aromatic rings. The molecule has 6 heteroatoms. The standard InChI is InChI=1S/C20H24ClFN2O2/c1-4-24(5-2)18(14-8-6-9-15(12-14)26-3)13-23-20(25)19-16(21)10-7-11-17(19)22/h6-12,18H,4-5,13H2,1-3H3,(H,23,25). The number of ether oxygens (including phenoxy) is 1. The van der Waals surface area contributed by atoms with Crippen LogP contribution in [-0.4, -0.2) is 37.6 Å². The van der Waals surface area contributed by atoms with E-state index in [4.69, 9.17) is 16.3 Å². The molecule has 4 nitrogen and oxygen atoms in total. The Labute approximate surface area is 158 Å². The van der Waals surface area contributed by atoms with E-state index in [-0.39, 0.29) is 16.6 Å². The van der Waals surface area contributed by atoms with Crippen molar-refractivity contribution >= 4 is 17.5 Å². The first-order chi connectivity index (χ1) is 12.5. The third-order valence-corrected chi connectivity index (χ3v) is 4.69. The van der Waals surface area contributed by atoms with Gasteiger partial charge in [0.15, 0.2) is 0 Å². The molecule has 0 bridgehead atoms. The van der Waals surface area contributed by atoms with Crippen LogP contribution in [0, 0.1) is 5.82 Å². The Balaban J connectivity index is 2.23. The van der Waals surface area contributed by atoms with Crippen molar-refractivity contribution in [3.8, 4) is 5.75 Å². The Morgan fingerprint density at radius 1 is 1.23 bits per heavy atom. The van der Waals surface area contributed by atoms with E-state index in [0.717, 1.165) is 24.4 Å². The summed E-state index contributed by atoms with van der Waals surface area (Å²) in [4.78, 5) is 14.7. The molecule has 2 aromatic carbocycles. The third-order valence-electron chi connectivity index (χ3n) is 4.38. The molecule has 0 radical (unpaired) electrons. The van der Waals surface area contributed by atoms with Crippen molar-refractivity contribution < 1.29 is 13.9 Å². The van der Waals surface area contributed by atoms with Gasteiger partial charge in [-0.25, -0.2) is 4.39 Å². The van der Waals surface area contributed by atoms with Gasteiger partial charge < -0.3 is 10.1 Å². The smallest absolute Gasteiger partial charge is 0.255 e. The van der Waals surface area contributed by atoms with Crippen LogP contribution in [0.1, 0.15) is 35.8 Å². The lowest BCUT2D eigenvalue weighted by atomic mass is 10.0. The van der Waals surface area contributed by atoms with Gasteiger partial charge in [0, 0.05) is 6.54 Å². The van der Waals surface area contributed by atoms with E-state index in [1.807, 2.05) is 24.3 Å². The SMILES string of the molecule is CCN(CC)C(CNC(=O)c1c(F)cccc1Cl)c1cccc(OC)c1. The minimum Gasteiger partial charge on any atom is -0.497 e. The maximum absolute atomic E-state index is 14.0. The molecule has 0 fully saturated rings. The van der Waals surface area contributed by atoms with E-state index in [2.05, 4.69) is 24.1 Å². The lowest BCUT2D eigenvalue weighted by Crippen LogP contribution is -2.38. The van der Waals surface area contributed by atoms with Crippen LogP contribution < -0.4 is 10.1 Å². The second-order valence-electron chi connectivity index (χ2n) is 5.82. The number of likely N-dealkylation sites (N-methyl/N-ethyl adjacent to an activating group) is 1. The first-order valence-corrected chi connectivity index (χ1v) is 8.99. The van der Waals surface area contributed by atoms with E-state index < -0.39 is 11.7 Å². The van der Waals surface area contributed by atoms with Crippen molar-refractivity contribution in [1.29, 1.82) is 0 Å². The average Bonchev–Trinajstić information content (AvgIpc) is 2.65. The van der Waals surface area contributed by atoms with E-state index >= 15 is 0 Å². The number of nitrogens with one attached hydrogen (secondary N) is 1. The van der Waals surface area contributed by atoms with E-state index in [0.29, 0.717) is 6.54 Å². The molecule has 140 valence electrons. The third kappa shape index (κ3) is 4.74. The van der Waals surface area contributed by atoms with Gasteiger partial charge in [-0.15, -0.1) is 0 Å². The number of carbonyl (C=O) groups is 1. The molecule has 0 saturated carbocycles. The predicted octanol–water partition coefficient (Wildman–Crippen LogP) is 4.30. The first kappa shape index (κ1) is 20.2. The molecule has 0 aromatic heterocycles. The van der Waals surface area contributed by atoms with Crippen LogP contribution in [0.2, 0.25) is 5.02 Å². The lowest BCUT2D eigenvalue weighted by molar-refractivity contribution is 0.0931. The molecule has 1 amide bonds. The van der Waals surface area contributed by atoms with Crippen LogP contribution in [-0.2, 0) is 0 Å². The van der Waals surface area contributed by atoms with Gasteiger partial charge in [0.25, 0.3) is 5.91 Å². The molecular formula is C20H24ClFN2O2. The highest BCUT2D eigenvalue weighted by Gasteiger charge is 2.21. The molecule has 0 spiro atoms. The van der Waals surface area contributed by atoms with Gasteiger partial charge in [0.1, 0.15) is 11.6 Å². The van der Waals surface area contributed by atoms with Crippen LogP contribution in [0.5, 0.6) is 5.75 Å². The summed E-state index contributed by atoms with van der Waals surface area (Å²) in [7, 11) is 1.62. The molecule has 0 aliphatic heterocycles. The molecule has 0 saturated heterocycles. The van der Waals surface area contributed by atoms with Gasteiger partial charge >= 0.3 is 0 Å². The Bertz CT molecular complexity index is 730. The molecule has 26 heavy (non-hydrogen) atoms. The number of benzene rings is 2. The summed E-state index contributed by atoms with van der Waals surface area (Å²) < 4.78 is 19.3. The Hall–Kier alpha value is -2.11. The van der Waals surface area contributed by atoms with Gasteiger partial charge in [-0.3, -0.25) is 9.69 Å². The quantitative estimate of drug-likeness (QED) is 0.744. The molecule has 2 rings (SSSR count). The molecule has 1 N–H and O–H groups in total. The first-order valence-electron chi connectivity index (χ1n) is 8.62. The zero-order valence-corrected chi connectivity index (χ0v) is 16.0. The molecule has 1 unspecified atom stereocenters. The van der Waals surface area contributed by atoms with Crippen LogP contribution in [0.3, 0.4) is 0 Å². The van der Waals surface area contributed by atoms with Gasteiger partial charge in [0.05, 0.1) is 23.7 Å². The monoisotopic (exact) mass is 378 g/mol. The van der Waals surface area contributed by atoms with Gasteiger partial charge in [0.2, 0.25) is 0 Å². The molecule has 0 heterocycles. The zero-order valence-electron chi connectivity index (χ0n) is 15.3. The number of hydrogen-bond acceptors (Lipinski definition) is 3. The fourth-order valence-corrected chi connectivity index (χ4v) is 3.21. The number of hydrogen-bond donors (Lipinski definition) is 1. The summed E-state index contributed by atoms with van der Waals surface area (Å²) in [5.74, 6) is -0.396. The number of halogens is 2. The van der Waals surface area contributed by atoms with Crippen molar-refractivity contribution in [3.05, 3.63) is 64.4 Å². The van der Waals surface area contributed by atoms with Crippen LogP contribution in [0.4, 0.5) is 4.39 Å². The summed E-state index contributed by atoms with van der Waals surface area (Å²) in [5.41, 5.74) is 0.895. The summed E-state index contributed by atoms with van der Waals surface area (Å²) in [6.45, 7) is 6.08. The number of amides is 1.